The maximum Gasteiger partial charge on any atom is 0.230 e. The number of aromatic amines is 1. The van der Waals surface area contributed by atoms with Gasteiger partial charge in [0.1, 0.15) is 0 Å². The Morgan fingerprint density at radius 1 is 1.29 bits per heavy atom. The molecular weight excluding hydrogens is 302 g/mol. The van der Waals surface area contributed by atoms with Gasteiger partial charge in [-0.1, -0.05) is 24.3 Å². The van der Waals surface area contributed by atoms with Gasteiger partial charge in [-0.05, 0) is 30.9 Å². The molecule has 0 saturated carbocycles. The molecule has 128 valence electrons. The molecule has 0 aliphatic carbocycles. The molecule has 1 aromatic heterocycles. The van der Waals surface area contributed by atoms with E-state index < -0.39 is 0 Å². The van der Waals surface area contributed by atoms with E-state index in [1.54, 1.807) is 0 Å². The van der Waals surface area contributed by atoms with Crippen molar-refractivity contribution < 1.29 is 9.90 Å². The fourth-order valence-electron chi connectivity index (χ4n) is 3.47. The zero-order chi connectivity index (χ0) is 17.1. The van der Waals surface area contributed by atoms with Gasteiger partial charge in [-0.15, -0.1) is 0 Å². The van der Waals surface area contributed by atoms with Gasteiger partial charge in [-0.3, -0.25) is 4.79 Å². The van der Waals surface area contributed by atoms with Gasteiger partial charge in [-0.25, -0.2) is 0 Å². The molecule has 2 heterocycles. The molecule has 1 aromatic carbocycles. The Kier molecular flexibility index (Phi) is 5.02. The van der Waals surface area contributed by atoms with E-state index in [1.165, 1.54) is 0 Å². The number of hydrogen-bond donors (Lipinski definition) is 3. The zero-order valence-corrected chi connectivity index (χ0v) is 14.2. The van der Waals surface area contributed by atoms with Crippen molar-refractivity contribution in [2.24, 2.45) is 5.92 Å². The number of carbonyl (C=O) groups is 1. The van der Waals surface area contributed by atoms with Crippen LogP contribution < -0.4 is 5.32 Å². The number of aliphatic hydroxyl groups excluding tert-OH is 1. The lowest BCUT2D eigenvalue weighted by molar-refractivity contribution is -0.133. The largest absolute Gasteiger partial charge is 0.394 e. The summed E-state index contributed by atoms with van der Waals surface area (Å²) in [7, 11) is 0. The van der Waals surface area contributed by atoms with E-state index in [1.807, 2.05) is 49.2 Å². The van der Waals surface area contributed by atoms with Gasteiger partial charge in [0.15, 0.2) is 0 Å². The van der Waals surface area contributed by atoms with E-state index in [0.29, 0.717) is 19.6 Å². The van der Waals surface area contributed by atoms with E-state index in [2.05, 4.69) is 16.4 Å². The molecule has 3 N–H and O–H groups in total. The number of H-pyrrole nitrogens is 1. The Balaban J connectivity index is 2.02. The van der Waals surface area contributed by atoms with E-state index in [4.69, 9.17) is 0 Å². The number of nitrogens with one attached hydrogen (secondary N) is 2. The second-order valence-corrected chi connectivity index (χ2v) is 6.13. The normalized spacial score (nSPS) is 20.9. The first kappa shape index (κ1) is 16.7. The van der Waals surface area contributed by atoms with Crippen molar-refractivity contribution in [1.29, 1.82) is 0 Å². The van der Waals surface area contributed by atoms with Gasteiger partial charge in [-0.2, -0.15) is 0 Å². The van der Waals surface area contributed by atoms with Crippen LogP contribution in [0.15, 0.2) is 36.5 Å². The molecule has 0 saturated heterocycles. The standard InChI is InChI=1S/C19H25N3O2/c1-3-22(4-2)19(24)14-10-16(17(12-23)21-11-14)15-7-5-6-13-8-9-20-18(13)15/h5-10,14,17,20-21,23H,3-4,11-12H2,1-2H3. The van der Waals surface area contributed by atoms with Gasteiger partial charge >= 0.3 is 0 Å². The number of para-hydroxylation sites is 1. The monoisotopic (exact) mass is 327 g/mol. The fraction of sp³-hybridized carbons (Fsp3) is 0.421. The van der Waals surface area contributed by atoms with Crippen molar-refractivity contribution in [2.45, 2.75) is 19.9 Å². The fourth-order valence-corrected chi connectivity index (χ4v) is 3.47. The summed E-state index contributed by atoms with van der Waals surface area (Å²) in [5, 5.41) is 14.2. The molecule has 5 heteroatoms. The van der Waals surface area contributed by atoms with Crippen LogP contribution in [0.25, 0.3) is 16.5 Å². The molecule has 5 nitrogen and oxygen atoms in total. The summed E-state index contributed by atoms with van der Waals surface area (Å²) >= 11 is 0. The lowest BCUT2D eigenvalue weighted by Crippen LogP contribution is -2.46. The molecule has 1 aliphatic heterocycles. The summed E-state index contributed by atoms with van der Waals surface area (Å²) in [4.78, 5) is 17.8. The number of benzene rings is 1. The first-order valence-electron chi connectivity index (χ1n) is 8.60. The Morgan fingerprint density at radius 2 is 2.08 bits per heavy atom. The minimum Gasteiger partial charge on any atom is -0.394 e. The van der Waals surface area contributed by atoms with Crippen LogP contribution in [0.5, 0.6) is 0 Å². The number of fused-ring (bicyclic) bond motifs is 1. The van der Waals surface area contributed by atoms with Crippen LogP contribution in [-0.4, -0.2) is 53.2 Å². The quantitative estimate of drug-likeness (QED) is 0.787. The summed E-state index contributed by atoms with van der Waals surface area (Å²) in [5.74, 6) is -0.0621. The van der Waals surface area contributed by atoms with Gasteiger partial charge in [0.2, 0.25) is 5.91 Å². The summed E-state index contributed by atoms with van der Waals surface area (Å²) in [5.41, 5.74) is 3.07. The predicted molar refractivity (Wildman–Crippen MR) is 96.6 cm³/mol. The molecule has 2 atom stereocenters. The number of hydrogen-bond acceptors (Lipinski definition) is 3. The van der Waals surface area contributed by atoms with Gasteiger partial charge in [0, 0.05) is 31.4 Å². The highest BCUT2D eigenvalue weighted by Gasteiger charge is 2.29. The lowest BCUT2D eigenvalue weighted by atomic mass is 9.89. The highest BCUT2D eigenvalue weighted by molar-refractivity contribution is 5.94. The van der Waals surface area contributed by atoms with E-state index in [0.717, 1.165) is 22.0 Å². The first-order chi connectivity index (χ1) is 11.7. The molecule has 2 unspecified atom stereocenters. The van der Waals surface area contributed by atoms with Crippen molar-refractivity contribution in [3.05, 3.63) is 42.1 Å². The van der Waals surface area contributed by atoms with E-state index >= 15 is 0 Å². The molecule has 0 bridgehead atoms. The molecule has 0 spiro atoms. The maximum atomic E-state index is 12.7. The summed E-state index contributed by atoms with van der Waals surface area (Å²) < 4.78 is 0. The van der Waals surface area contributed by atoms with Crippen LogP contribution >= 0.6 is 0 Å². The minimum atomic E-state index is -0.201. The molecular formula is C19H25N3O2. The Bertz CT molecular complexity index is 746. The van der Waals surface area contributed by atoms with Crippen LogP contribution in [0, 0.1) is 5.92 Å². The van der Waals surface area contributed by atoms with Crippen molar-refractivity contribution in [3.8, 4) is 0 Å². The Hall–Kier alpha value is -2.11. The van der Waals surface area contributed by atoms with Crippen molar-refractivity contribution >= 4 is 22.4 Å². The molecule has 0 radical (unpaired) electrons. The average Bonchev–Trinajstić information content (AvgIpc) is 3.10. The molecule has 3 rings (SSSR count). The Labute approximate surface area is 142 Å². The number of aromatic nitrogens is 1. The van der Waals surface area contributed by atoms with Crippen molar-refractivity contribution in [1.82, 2.24) is 15.2 Å². The number of rotatable bonds is 5. The highest BCUT2D eigenvalue weighted by Crippen LogP contribution is 2.30. The molecule has 2 aromatic rings. The topological polar surface area (TPSA) is 68.4 Å². The third-order valence-electron chi connectivity index (χ3n) is 4.81. The van der Waals surface area contributed by atoms with Crippen LogP contribution in [-0.2, 0) is 4.79 Å². The minimum absolute atomic E-state index is 0.00904. The van der Waals surface area contributed by atoms with Crippen LogP contribution in [0.3, 0.4) is 0 Å². The number of carbonyl (C=O) groups excluding carboxylic acids is 1. The second kappa shape index (κ2) is 7.20. The number of amides is 1. The van der Waals surface area contributed by atoms with Gasteiger partial charge in [0.25, 0.3) is 0 Å². The highest BCUT2D eigenvalue weighted by atomic mass is 16.3. The Morgan fingerprint density at radius 3 is 2.79 bits per heavy atom. The van der Waals surface area contributed by atoms with Crippen molar-refractivity contribution in [2.75, 3.05) is 26.2 Å². The van der Waals surface area contributed by atoms with Gasteiger partial charge < -0.3 is 20.3 Å². The SMILES string of the molecule is CCN(CC)C(=O)C1C=C(c2cccc3cc[nH]c23)C(CO)NC1. The maximum absolute atomic E-state index is 12.7. The number of aliphatic hydroxyl groups is 1. The van der Waals surface area contributed by atoms with Gasteiger partial charge in [0.05, 0.1) is 24.1 Å². The van der Waals surface area contributed by atoms with E-state index in [9.17, 15) is 9.90 Å². The average molecular weight is 327 g/mol. The predicted octanol–water partition coefficient (Wildman–Crippen LogP) is 2.00. The summed E-state index contributed by atoms with van der Waals surface area (Å²) in [6.07, 6.45) is 3.95. The smallest absolute Gasteiger partial charge is 0.230 e. The molecule has 1 amide bonds. The third-order valence-corrected chi connectivity index (χ3v) is 4.81. The summed E-state index contributed by atoms with van der Waals surface area (Å²) in [6, 6.07) is 7.98. The van der Waals surface area contributed by atoms with E-state index in [-0.39, 0.29) is 24.5 Å². The number of nitrogens with zero attached hydrogens (tertiary/aromatic N) is 1. The molecule has 24 heavy (non-hydrogen) atoms. The van der Waals surface area contributed by atoms with Crippen LogP contribution in [0.4, 0.5) is 0 Å². The second-order valence-electron chi connectivity index (χ2n) is 6.13. The first-order valence-corrected chi connectivity index (χ1v) is 8.60. The van der Waals surface area contributed by atoms with Crippen LogP contribution in [0.2, 0.25) is 0 Å². The lowest BCUT2D eigenvalue weighted by Gasteiger charge is -2.31. The zero-order valence-electron chi connectivity index (χ0n) is 14.2. The van der Waals surface area contributed by atoms with Crippen LogP contribution in [0.1, 0.15) is 19.4 Å². The molecule has 1 aliphatic rings. The summed E-state index contributed by atoms with van der Waals surface area (Å²) in [6.45, 7) is 5.99. The van der Waals surface area contributed by atoms with Crippen molar-refractivity contribution in [3.63, 3.8) is 0 Å². The molecule has 0 fully saturated rings. The third kappa shape index (κ3) is 2.97.